The van der Waals surface area contributed by atoms with Gasteiger partial charge in [0.2, 0.25) is 5.91 Å². The average Bonchev–Trinajstić information content (AvgIpc) is 2.82. The second-order valence-corrected chi connectivity index (χ2v) is 5.93. The highest BCUT2D eigenvalue weighted by Gasteiger charge is 2.27. The molecule has 0 bridgehead atoms. The van der Waals surface area contributed by atoms with Crippen LogP contribution in [0.2, 0.25) is 0 Å². The van der Waals surface area contributed by atoms with Gasteiger partial charge in [-0.3, -0.25) is 9.59 Å². The van der Waals surface area contributed by atoms with E-state index in [4.69, 9.17) is 0 Å². The number of hydrogen-bond donors (Lipinski definition) is 2. The number of nitrogens with zero attached hydrogens (tertiary/aromatic N) is 1. The molecule has 1 amide bonds. The van der Waals surface area contributed by atoms with Crippen molar-refractivity contribution >= 4 is 28.6 Å². The summed E-state index contributed by atoms with van der Waals surface area (Å²) in [4.78, 5) is 23.4. The lowest BCUT2D eigenvalue weighted by molar-refractivity contribution is -0.116. The fourth-order valence-corrected chi connectivity index (χ4v) is 2.80. The Kier molecular flexibility index (Phi) is 5.66. The van der Waals surface area contributed by atoms with Crippen LogP contribution in [0.25, 0.3) is 0 Å². The first-order chi connectivity index (χ1) is 11.3. The molecule has 1 heterocycles. The largest absolute Gasteiger partial charge is 0.405 e. The van der Waals surface area contributed by atoms with Gasteiger partial charge in [-0.05, 0) is 19.1 Å². The van der Waals surface area contributed by atoms with Crippen molar-refractivity contribution in [1.82, 2.24) is 4.57 Å². The number of amides is 1. The number of hydrogen-bond acceptors (Lipinski definition) is 4. The number of carbonyl (C=O) groups excluding carboxylic acids is 1. The molecule has 0 spiro atoms. The van der Waals surface area contributed by atoms with Crippen LogP contribution in [0.1, 0.15) is 12.1 Å². The van der Waals surface area contributed by atoms with E-state index in [0.717, 1.165) is 17.0 Å². The first kappa shape index (κ1) is 18.1. The van der Waals surface area contributed by atoms with E-state index in [1.165, 1.54) is 16.7 Å². The van der Waals surface area contributed by atoms with Crippen LogP contribution in [0.15, 0.2) is 34.4 Å². The molecule has 0 aliphatic rings. The van der Waals surface area contributed by atoms with Crippen LogP contribution >= 0.6 is 11.3 Å². The molecule has 0 atom stereocenters. The number of thiazole rings is 1. The lowest BCUT2D eigenvalue weighted by Crippen LogP contribution is -2.23. The van der Waals surface area contributed by atoms with Crippen LogP contribution in [0.3, 0.4) is 0 Å². The van der Waals surface area contributed by atoms with Crippen LogP contribution in [0, 0.1) is 6.92 Å². The molecule has 0 saturated heterocycles. The topological polar surface area (TPSA) is 63.1 Å². The molecule has 24 heavy (non-hydrogen) atoms. The minimum absolute atomic E-state index is 0.0467. The van der Waals surface area contributed by atoms with Crippen molar-refractivity contribution in [3.8, 4) is 0 Å². The molecule has 2 rings (SSSR count). The Labute approximate surface area is 140 Å². The van der Waals surface area contributed by atoms with Gasteiger partial charge in [0, 0.05) is 24.0 Å². The molecule has 0 fully saturated rings. The van der Waals surface area contributed by atoms with Crippen molar-refractivity contribution in [3.63, 3.8) is 0 Å². The van der Waals surface area contributed by atoms with Gasteiger partial charge in [0.05, 0.1) is 11.4 Å². The zero-order valence-electron chi connectivity index (χ0n) is 12.8. The van der Waals surface area contributed by atoms with Crippen LogP contribution in [0.4, 0.5) is 24.5 Å². The Morgan fingerprint density at radius 2 is 1.92 bits per heavy atom. The standard InChI is InChI=1S/C15H16F3N3O2S/c1-10-8-24-14(23)21(10)7-6-13(22)20-12-5-3-2-4-11(12)19-9-15(16,17)18/h2-5,8,19H,6-7,9H2,1H3,(H,20,22). The maximum Gasteiger partial charge on any atom is 0.405 e. The van der Waals surface area contributed by atoms with E-state index in [1.807, 2.05) is 0 Å². The number of benzene rings is 1. The maximum absolute atomic E-state index is 12.3. The van der Waals surface area contributed by atoms with E-state index in [1.54, 1.807) is 24.4 Å². The highest BCUT2D eigenvalue weighted by atomic mass is 32.1. The number of halogens is 3. The number of rotatable bonds is 6. The normalized spacial score (nSPS) is 11.3. The Hall–Kier alpha value is -2.29. The zero-order valence-corrected chi connectivity index (χ0v) is 13.6. The first-order valence-electron chi connectivity index (χ1n) is 7.11. The second-order valence-electron chi connectivity index (χ2n) is 5.11. The predicted molar refractivity (Wildman–Crippen MR) is 87.5 cm³/mol. The highest BCUT2D eigenvalue weighted by molar-refractivity contribution is 7.07. The Morgan fingerprint density at radius 1 is 1.25 bits per heavy atom. The number of para-hydroxylation sites is 2. The molecule has 0 unspecified atom stereocenters. The van der Waals surface area contributed by atoms with Crippen molar-refractivity contribution in [2.75, 3.05) is 17.2 Å². The van der Waals surface area contributed by atoms with Gasteiger partial charge >= 0.3 is 11.0 Å². The lowest BCUT2D eigenvalue weighted by Gasteiger charge is -2.14. The Balaban J connectivity index is 1.98. The third-order valence-corrected chi connectivity index (χ3v) is 4.10. The number of alkyl halides is 3. The van der Waals surface area contributed by atoms with Crippen molar-refractivity contribution in [1.29, 1.82) is 0 Å². The monoisotopic (exact) mass is 359 g/mol. The third-order valence-electron chi connectivity index (χ3n) is 3.22. The fraction of sp³-hybridized carbons (Fsp3) is 0.333. The number of aryl methyl sites for hydroxylation is 1. The van der Waals surface area contributed by atoms with Crippen LogP contribution in [0.5, 0.6) is 0 Å². The van der Waals surface area contributed by atoms with Crippen molar-refractivity contribution in [3.05, 3.63) is 45.0 Å². The van der Waals surface area contributed by atoms with Gasteiger partial charge in [0.25, 0.3) is 0 Å². The molecule has 130 valence electrons. The van der Waals surface area contributed by atoms with Crippen molar-refractivity contribution < 1.29 is 18.0 Å². The summed E-state index contributed by atoms with van der Waals surface area (Å²) in [7, 11) is 0. The summed E-state index contributed by atoms with van der Waals surface area (Å²) in [6.07, 6.45) is -4.31. The van der Waals surface area contributed by atoms with Crippen molar-refractivity contribution in [2.45, 2.75) is 26.1 Å². The number of nitrogens with one attached hydrogen (secondary N) is 2. The van der Waals surface area contributed by atoms with Gasteiger partial charge in [-0.15, -0.1) is 0 Å². The van der Waals surface area contributed by atoms with E-state index < -0.39 is 12.7 Å². The van der Waals surface area contributed by atoms with Crippen molar-refractivity contribution in [2.24, 2.45) is 0 Å². The van der Waals surface area contributed by atoms with Gasteiger partial charge in [-0.25, -0.2) is 0 Å². The number of carbonyl (C=O) groups is 1. The molecule has 5 nitrogen and oxygen atoms in total. The van der Waals surface area contributed by atoms with Gasteiger partial charge in [0.1, 0.15) is 6.54 Å². The summed E-state index contributed by atoms with van der Waals surface area (Å²) in [5, 5.41) is 6.53. The van der Waals surface area contributed by atoms with E-state index in [9.17, 15) is 22.8 Å². The first-order valence-corrected chi connectivity index (χ1v) is 7.98. The molecule has 1 aromatic carbocycles. The van der Waals surface area contributed by atoms with E-state index in [2.05, 4.69) is 10.6 Å². The predicted octanol–water partition coefficient (Wildman–Crippen LogP) is 3.22. The average molecular weight is 359 g/mol. The van der Waals surface area contributed by atoms with Gasteiger partial charge in [-0.1, -0.05) is 23.5 Å². The minimum atomic E-state index is -4.35. The summed E-state index contributed by atoms with van der Waals surface area (Å²) in [6.45, 7) is 0.799. The number of anilines is 2. The molecular weight excluding hydrogens is 343 g/mol. The molecule has 2 N–H and O–H groups in total. The maximum atomic E-state index is 12.3. The summed E-state index contributed by atoms with van der Waals surface area (Å²) in [5.74, 6) is -0.381. The fourth-order valence-electron chi connectivity index (χ4n) is 2.04. The lowest BCUT2D eigenvalue weighted by atomic mass is 10.2. The Bertz CT molecular complexity index is 768. The minimum Gasteiger partial charge on any atom is -0.375 e. The summed E-state index contributed by atoms with van der Waals surface area (Å²) in [5.41, 5.74) is 1.22. The molecule has 0 saturated carbocycles. The number of aromatic nitrogens is 1. The van der Waals surface area contributed by atoms with E-state index in [0.29, 0.717) is 0 Å². The van der Waals surface area contributed by atoms with Crippen LogP contribution < -0.4 is 15.5 Å². The second kappa shape index (κ2) is 7.52. The summed E-state index contributed by atoms with van der Waals surface area (Å²) in [6, 6.07) is 6.15. The Morgan fingerprint density at radius 3 is 2.50 bits per heavy atom. The molecule has 0 aliphatic heterocycles. The van der Waals surface area contributed by atoms with Crippen LogP contribution in [-0.2, 0) is 11.3 Å². The smallest absolute Gasteiger partial charge is 0.375 e. The van der Waals surface area contributed by atoms with Crippen LogP contribution in [-0.4, -0.2) is 23.2 Å². The van der Waals surface area contributed by atoms with Gasteiger partial charge < -0.3 is 15.2 Å². The van der Waals surface area contributed by atoms with E-state index >= 15 is 0 Å². The van der Waals surface area contributed by atoms with Gasteiger partial charge in [-0.2, -0.15) is 13.2 Å². The zero-order chi connectivity index (χ0) is 17.7. The molecule has 1 aromatic heterocycles. The highest BCUT2D eigenvalue weighted by Crippen LogP contribution is 2.23. The molecule has 0 radical (unpaired) electrons. The van der Waals surface area contributed by atoms with E-state index in [-0.39, 0.29) is 35.1 Å². The molecule has 9 heteroatoms. The molecular formula is C15H16F3N3O2S. The van der Waals surface area contributed by atoms with Gasteiger partial charge in [0.15, 0.2) is 0 Å². The molecule has 0 aliphatic carbocycles. The summed E-state index contributed by atoms with van der Waals surface area (Å²) >= 11 is 1.06. The SMILES string of the molecule is Cc1csc(=O)n1CCC(=O)Nc1ccccc1NCC(F)(F)F. The quantitative estimate of drug-likeness (QED) is 0.832. The molecule has 2 aromatic rings. The third kappa shape index (κ3) is 5.12. The summed E-state index contributed by atoms with van der Waals surface area (Å²) < 4.78 is 38.4.